The zero-order valence-electron chi connectivity index (χ0n) is 17.3. The molecule has 32 heavy (non-hydrogen) atoms. The highest BCUT2D eigenvalue weighted by Crippen LogP contribution is 2.31. The number of hydrogen-bond donors (Lipinski definition) is 1. The maximum Gasteiger partial charge on any atom is 0.338 e. The fourth-order valence-corrected chi connectivity index (χ4v) is 4.07. The van der Waals surface area contributed by atoms with Gasteiger partial charge in [-0.25, -0.2) is 4.79 Å². The van der Waals surface area contributed by atoms with Gasteiger partial charge in [0.05, 0.1) is 28.0 Å². The van der Waals surface area contributed by atoms with Crippen LogP contribution in [-0.2, 0) is 9.53 Å². The third-order valence-electron chi connectivity index (χ3n) is 4.89. The summed E-state index contributed by atoms with van der Waals surface area (Å²) in [5.41, 5.74) is 0.843. The zero-order chi connectivity index (χ0) is 22.9. The lowest BCUT2D eigenvalue weighted by Crippen LogP contribution is -2.30. The molecule has 2 aromatic rings. The summed E-state index contributed by atoms with van der Waals surface area (Å²) in [4.78, 5) is 38.3. The van der Waals surface area contributed by atoms with Crippen molar-refractivity contribution in [2.24, 2.45) is 0 Å². The van der Waals surface area contributed by atoms with Crippen LogP contribution in [0.1, 0.15) is 29.6 Å². The van der Waals surface area contributed by atoms with E-state index in [4.69, 9.17) is 10.00 Å². The van der Waals surface area contributed by atoms with Gasteiger partial charge < -0.3 is 15.0 Å². The molecule has 9 nitrogen and oxygen atoms in total. The van der Waals surface area contributed by atoms with Crippen LogP contribution in [0.25, 0.3) is 0 Å². The number of nitriles is 1. The SMILES string of the molecule is N#CCSc1ccccc1NC(=O)COC(=O)c1ccc(N2CCCCC2)c([N+](=O)[O-])c1. The smallest absolute Gasteiger partial charge is 0.338 e. The number of para-hydroxylation sites is 1. The lowest BCUT2D eigenvalue weighted by Gasteiger charge is -2.28. The van der Waals surface area contributed by atoms with E-state index in [-0.39, 0.29) is 17.0 Å². The van der Waals surface area contributed by atoms with Crippen LogP contribution in [0.2, 0.25) is 0 Å². The van der Waals surface area contributed by atoms with Crippen molar-refractivity contribution >= 4 is 40.7 Å². The Labute approximate surface area is 189 Å². The fourth-order valence-electron chi connectivity index (χ4n) is 3.41. The maximum atomic E-state index is 12.4. The van der Waals surface area contributed by atoms with Crippen LogP contribution < -0.4 is 10.2 Å². The van der Waals surface area contributed by atoms with E-state index < -0.39 is 23.4 Å². The Bertz CT molecular complexity index is 1050. The molecule has 1 saturated heterocycles. The Hall–Kier alpha value is -3.58. The number of carbonyl (C=O) groups is 2. The molecule has 2 aromatic carbocycles. The summed E-state index contributed by atoms with van der Waals surface area (Å²) in [6.07, 6.45) is 3.03. The van der Waals surface area contributed by atoms with Gasteiger partial charge in [0.2, 0.25) is 0 Å². The van der Waals surface area contributed by atoms with Gasteiger partial charge in [0.25, 0.3) is 11.6 Å². The summed E-state index contributed by atoms with van der Waals surface area (Å²) in [6.45, 7) is 0.926. The normalized spacial score (nSPS) is 13.2. The van der Waals surface area contributed by atoms with E-state index in [1.165, 1.54) is 23.9 Å². The molecule has 166 valence electrons. The molecule has 0 aromatic heterocycles. The number of esters is 1. The first-order valence-electron chi connectivity index (χ1n) is 10.1. The molecule has 0 aliphatic carbocycles. The summed E-state index contributed by atoms with van der Waals surface area (Å²) < 4.78 is 5.06. The number of carbonyl (C=O) groups excluding carboxylic acids is 2. The number of piperidine rings is 1. The van der Waals surface area contributed by atoms with Gasteiger partial charge in [-0.05, 0) is 43.5 Å². The molecule has 0 unspecified atom stereocenters. The van der Waals surface area contributed by atoms with Crippen LogP contribution in [0.3, 0.4) is 0 Å². The standard InChI is InChI=1S/C22H22N4O5S/c23-10-13-32-20-7-3-2-6-17(20)24-21(27)15-31-22(28)16-8-9-18(19(14-16)26(29)30)25-11-4-1-5-12-25/h2-3,6-9,14H,1,4-5,11-13,15H2,(H,24,27). The summed E-state index contributed by atoms with van der Waals surface area (Å²) in [5.74, 6) is -1.14. The third-order valence-corrected chi connectivity index (χ3v) is 5.83. The highest BCUT2D eigenvalue weighted by Gasteiger charge is 2.24. The van der Waals surface area contributed by atoms with E-state index in [9.17, 15) is 19.7 Å². The lowest BCUT2D eigenvalue weighted by molar-refractivity contribution is -0.384. The minimum Gasteiger partial charge on any atom is -0.452 e. The molecule has 3 rings (SSSR count). The third kappa shape index (κ3) is 5.98. The molecule has 0 radical (unpaired) electrons. The highest BCUT2D eigenvalue weighted by atomic mass is 32.2. The number of thioether (sulfide) groups is 1. The van der Waals surface area contributed by atoms with Crippen LogP contribution in [0.5, 0.6) is 0 Å². The minimum atomic E-state index is -0.819. The van der Waals surface area contributed by atoms with E-state index in [2.05, 4.69) is 5.32 Å². The summed E-state index contributed by atoms with van der Waals surface area (Å²) in [7, 11) is 0. The van der Waals surface area contributed by atoms with Crippen molar-refractivity contribution < 1.29 is 19.2 Å². The van der Waals surface area contributed by atoms with Crippen LogP contribution in [0.15, 0.2) is 47.4 Å². The van der Waals surface area contributed by atoms with Gasteiger partial charge in [0, 0.05) is 24.1 Å². The average molecular weight is 455 g/mol. The van der Waals surface area contributed by atoms with Gasteiger partial charge in [0.15, 0.2) is 6.61 Å². The van der Waals surface area contributed by atoms with Gasteiger partial charge in [-0.15, -0.1) is 11.8 Å². The summed E-state index contributed by atoms with van der Waals surface area (Å²) in [5, 5.41) is 22.9. The molecule has 10 heteroatoms. The molecule has 1 aliphatic rings. The first-order chi connectivity index (χ1) is 15.5. The number of amides is 1. The predicted octanol–water partition coefficient (Wildman–Crippen LogP) is 4.00. The first-order valence-corrected chi connectivity index (χ1v) is 11.1. The number of hydrogen-bond acceptors (Lipinski definition) is 8. The van der Waals surface area contributed by atoms with Crippen molar-refractivity contribution in [3.05, 3.63) is 58.1 Å². The van der Waals surface area contributed by atoms with E-state index in [1.807, 2.05) is 11.0 Å². The number of nitro groups is 1. The molecule has 1 aliphatic heterocycles. The van der Waals surface area contributed by atoms with Crippen LogP contribution in [0, 0.1) is 21.4 Å². The van der Waals surface area contributed by atoms with E-state index >= 15 is 0 Å². The first kappa shape index (κ1) is 23.1. The monoisotopic (exact) mass is 454 g/mol. The van der Waals surface area contributed by atoms with Gasteiger partial charge >= 0.3 is 5.97 Å². The molecule has 0 spiro atoms. The van der Waals surface area contributed by atoms with E-state index in [0.29, 0.717) is 11.4 Å². The Kier molecular flexibility index (Phi) is 8.05. The number of ether oxygens (including phenoxy) is 1. The number of benzene rings is 2. The molecule has 1 amide bonds. The van der Waals surface area contributed by atoms with Crippen molar-refractivity contribution in [1.82, 2.24) is 0 Å². The predicted molar refractivity (Wildman–Crippen MR) is 121 cm³/mol. The Morgan fingerprint density at radius 3 is 2.66 bits per heavy atom. The molecule has 1 fully saturated rings. The number of nitrogens with zero attached hydrogens (tertiary/aromatic N) is 3. The number of anilines is 2. The minimum absolute atomic E-state index is 0.00948. The topological polar surface area (TPSA) is 126 Å². The fraction of sp³-hybridized carbons (Fsp3) is 0.318. The molecule has 1 N–H and O–H groups in total. The van der Waals surface area contributed by atoms with Gasteiger partial charge in [0.1, 0.15) is 5.69 Å². The second-order valence-corrected chi connectivity index (χ2v) is 8.09. The van der Waals surface area contributed by atoms with Gasteiger partial charge in [-0.2, -0.15) is 5.26 Å². The van der Waals surface area contributed by atoms with Crippen LogP contribution in [-0.4, -0.2) is 42.2 Å². The molecular weight excluding hydrogens is 432 g/mol. The lowest BCUT2D eigenvalue weighted by atomic mass is 10.1. The van der Waals surface area contributed by atoms with Gasteiger partial charge in [-0.1, -0.05) is 12.1 Å². The Balaban J connectivity index is 1.63. The number of nitro benzene ring substituents is 1. The van der Waals surface area contributed by atoms with Crippen molar-refractivity contribution in [1.29, 1.82) is 5.26 Å². The van der Waals surface area contributed by atoms with Gasteiger partial charge in [-0.3, -0.25) is 14.9 Å². The molecule has 0 atom stereocenters. The van der Waals surface area contributed by atoms with Crippen molar-refractivity contribution in [2.75, 3.05) is 35.7 Å². The quantitative estimate of drug-likeness (QED) is 0.275. The largest absolute Gasteiger partial charge is 0.452 e. The second kappa shape index (κ2) is 11.2. The molecule has 1 heterocycles. The van der Waals surface area contributed by atoms with E-state index in [0.717, 1.165) is 37.2 Å². The Morgan fingerprint density at radius 1 is 1.19 bits per heavy atom. The average Bonchev–Trinajstić information content (AvgIpc) is 2.82. The molecular formula is C22H22N4O5S. The number of rotatable bonds is 8. The van der Waals surface area contributed by atoms with Crippen LogP contribution in [0.4, 0.5) is 17.1 Å². The number of nitrogens with one attached hydrogen (secondary N) is 1. The van der Waals surface area contributed by atoms with Crippen molar-refractivity contribution in [3.8, 4) is 6.07 Å². The van der Waals surface area contributed by atoms with Crippen molar-refractivity contribution in [2.45, 2.75) is 24.2 Å². The maximum absolute atomic E-state index is 12.4. The summed E-state index contributed by atoms with van der Waals surface area (Å²) in [6, 6.07) is 13.2. The Morgan fingerprint density at radius 2 is 1.94 bits per heavy atom. The zero-order valence-corrected chi connectivity index (χ0v) is 18.1. The molecule has 0 bridgehead atoms. The second-order valence-electron chi connectivity index (χ2n) is 7.08. The van der Waals surface area contributed by atoms with E-state index in [1.54, 1.807) is 30.3 Å². The highest BCUT2D eigenvalue weighted by molar-refractivity contribution is 7.99. The van der Waals surface area contributed by atoms with Crippen molar-refractivity contribution in [3.63, 3.8) is 0 Å². The summed E-state index contributed by atoms with van der Waals surface area (Å²) >= 11 is 1.28. The molecule has 0 saturated carbocycles. The van der Waals surface area contributed by atoms with Crippen LogP contribution >= 0.6 is 11.8 Å².